The molecule has 0 N–H and O–H groups in total. The molecule has 1 aliphatic heterocycles. The summed E-state index contributed by atoms with van der Waals surface area (Å²) in [6.45, 7) is 0. The summed E-state index contributed by atoms with van der Waals surface area (Å²) in [6, 6.07) is 3.66. The van der Waals surface area contributed by atoms with Gasteiger partial charge < -0.3 is 4.74 Å². The van der Waals surface area contributed by atoms with Gasteiger partial charge in [0.05, 0.1) is 6.26 Å². The van der Waals surface area contributed by atoms with Crippen LogP contribution in [0.2, 0.25) is 0 Å². The minimum atomic E-state index is -0.265. The third-order valence-electron chi connectivity index (χ3n) is 1.75. The lowest BCUT2D eigenvalue weighted by atomic mass is 10.0. The van der Waals surface area contributed by atoms with Gasteiger partial charge in [0, 0.05) is 12.4 Å². The number of pyridine rings is 1. The molecule has 0 saturated carbocycles. The second-order valence-corrected chi connectivity index (χ2v) is 2.53. The van der Waals surface area contributed by atoms with Crippen LogP contribution in [-0.4, -0.2) is 11.0 Å². The summed E-state index contributed by atoms with van der Waals surface area (Å²) in [5.74, 6) is -0.498. The van der Waals surface area contributed by atoms with E-state index in [0.29, 0.717) is 0 Å². The number of carbonyl (C=O) groups excluding carboxylic acids is 1. The smallest absolute Gasteiger partial charge is 0.322 e. The van der Waals surface area contributed by atoms with Crippen LogP contribution in [0.15, 0.2) is 36.9 Å². The van der Waals surface area contributed by atoms with Crippen molar-refractivity contribution in [2.24, 2.45) is 0 Å². The predicted octanol–water partition coefficient (Wildman–Crippen LogP) is 1.24. The van der Waals surface area contributed by atoms with Gasteiger partial charge in [-0.15, -0.1) is 0 Å². The number of ether oxygens (including phenoxy) is 1. The minimum Gasteiger partial charge on any atom is -0.434 e. The number of carbonyl (C=O) groups is 1. The molecular weight excluding hydrogens is 154 g/mol. The van der Waals surface area contributed by atoms with E-state index in [-0.39, 0.29) is 11.9 Å². The Bertz CT molecular complexity index is 319. The number of esters is 1. The fourth-order valence-corrected chi connectivity index (χ4v) is 1.14. The summed E-state index contributed by atoms with van der Waals surface area (Å²) in [7, 11) is 0. The van der Waals surface area contributed by atoms with Crippen molar-refractivity contribution in [1.82, 2.24) is 4.98 Å². The normalized spacial score (nSPS) is 21.0. The van der Waals surface area contributed by atoms with Gasteiger partial charge in [-0.3, -0.25) is 9.78 Å². The highest BCUT2D eigenvalue weighted by atomic mass is 16.5. The Labute approximate surface area is 69.7 Å². The third-order valence-corrected chi connectivity index (χ3v) is 1.75. The van der Waals surface area contributed by atoms with Gasteiger partial charge >= 0.3 is 5.97 Å². The Morgan fingerprint density at radius 1 is 1.50 bits per heavy atom. The van der Waals surface area contributed by atoms with Crippen LogP contribution in [0, 0.1) is 0 Å². The lowest BCUT2D eigenvalue weighted by Crippen LogP contribution is -2.05. The highest BCUT2D eigenvalue weighted by Gasteiger charge is 2.23. The first-order valence-corrected chi connectivity index (χ1v) is 3.65. The molecule has 1 unspecified atom stereocenters. The highest BCUT2D eigenvalue weighted by Crippen LogP contribution is 2.22. The quantitative estimate of drug-likeness (QED) is 0.581. The SMILES string of the molecule is O=C1OC=CC1c1cccnc1. The van der Waals surface area contributed by atoms with Crippen molar-refractivity contribution >= 4 is 5.97 Å². The van der Waals surface area contributed by atoms with Crippen LogP contribution in [0.1, 0.15) is 11.5 Å². The molecule has 0 spiro atoms. The third kappa shape index (κ3) is 1.09. The first kappa shape index (κ1) is 7.03. The molecule has 3 nitrogen and oxygen atoms in total. The molecule has 60 valence electrons. The van der Waals surface area contributed by atoms with Crippen molar-refractivity contribution in [2.45, 2.75) is 5.92 Å². The summed E-state index contributed by atoms with van der Waals surface area (Å²) in [5, 5.41) is 0. The highest BCUT2D eigenvalue weighted by molar-refractivity contribution is 5.82. The summed E-state index contributed by atoms with van der Waals surface area (Å²) in [6.07, 6.45) is 6.48. The zero-order chi connectivity index (χ0) is 8.39. The number of nitrogens with zero attached hydrogens (tertiary/aromatic N) is 1. The lowest BCUT2D eigenvalue weighted by Gasteiger charge is -2.02. The van der Waals surface area contributed by atoms with Gasteiger partial charge in [-0.1, -0.05) is 6.07 Å². The Hall–Kier alpha value is -1.64. The predicted molar refractivity (Wildman–Crippen MR) is 42.2 cm³/mol. The number of rotatable bonds is 1. The molecule has 0 bridgehead atoms. The molecule has 0 aliphatic carbocycles. The summed E-state index contributed by atoms with van der Waals surface area (Å²) >= 11 is 0. The summed E-state index contributed by atoms with van der Waals surface area (Å²) < 4.78 is 4.67. The number of hydrogen-bond donors (Lipinski definition) is 0. The van der Waals surface area contributed by atoms with E-state index in [0.717, 1.165) is 5.56 Å². The molecule has 0 radical (unpaired) electrons. The second-order valence-electron chi connectivity index (χ2n) is 2.53. The van der Waals surface area contributed by atoms with E-state index in [1.807, 2.05) is 6.07 Å². The largest absolute Gasteiger partial charge is 0.434 e. The van der Waals surface area contributed by atoms with Crippen LogP contribution in [0.4, 0.5) is 0 Å². The zero-order valence-corrected chi connectivity index (χ0v) is 6.31. The van der Waals surface area contributed by atoms with Gasteiger partial charge in [0.1, 0.15) is 5.92 Å². The average molecular weight is 161 g/mol. The molecule has 0 aromatic carbocycles. The van der Waals surface area contributed by atoms with Crippen molar-refractivity contribution in [2.75, 3.05) is 0 Å². The van der Waals surface area contributed by atoms with E-state index in [1.54, 1.807) is 24.5 Å². The van der Waals surface area contributed by atoms with Gasteiger partial charge in [-0.25, -0.2) is 0 Å². The minimum absolute atomic E-state index is 0.233. The van der Waals surface area contributed by atoms with E-state index in [4.69, 9.17) is 0 Å². The maximum Gasteiger partial charge on any atom is 0.322 e. The van der Waals surface area contributed by atoms with Crippen molar-refractivity contribution in [1.29, 1.82) is 0 Å². The maximum atomic E-state index is 11.1. The van der Waals surface area contributed by atoms with Gasteiger partial charge in [-0.05, 0) is 17.7 Å². The molecule has 3 heteroatoms. The molecule has 1 atom stereocenters. The fraction of sp³-hybridized carbons (Fsp3) is 0.111. The van der Waals surface area contributed by atoms with Gasteiger partial charge in [0.15, 0.2) is 0 Å². The molecule has 1 aromatic rings. The van der Waals surface area contributed by atoms with Crippen LogP contribution < -0.4 is 0 Å². The number of aromatic nitrogens is 1. The molecule has 0 fully saturated rings. The molecule has 0 amide bonds. The molecule has 1 aromatic heterocycles. The van der Waals surface area contributed by atoms with Crippen LogP contribution in [0.25, 0.3) is 0 Å². The molecule has 2 rings (SSSR count). The monoisotopic (exact) mass is 161 g/mol. The molecule has 1 aliphatic rings. The Morgan fingerprint density at radius 3 is 3.00 bits per heavy atom. The topological polar surface area (TPSA) is 39.2 Å². The van der Waals surface area contributed by atoms with Crippen LogP contribution >= 0.6 is 0 Å². The van der Waals surface area contributed by atoms with E-state index in [2.05, 4.69) is 9.72 Å². The van der Waals surface area contributed by atoms with E-state index in [1.165, 1.54) is 6.26 Å². The van der Waals surface area contributed by atoms with Crippen LogP contribution in [0.3, 0.4) is 0 Å². The molecule has 0 saturated heterocycles. The van der Waals surface area contributed by atoms with Crippen molar-refractivity contribution < 1.29 is 9.53 Å². The Balaban J connectivity index is 2.31. The van der Waals surface area contributed by atoms with E-state index in [9.17, 15) is 4.79 Å². The van der Waals surface area contributed by atoms with E-state index < -0.39 is 0 Å². The lowest BCUT2D eigenvalue weighted by molar-refractivity contribution is -0.136. The second kappa shape index (κ2) is 2.77. The summed E-state index contributed by atoms with van der Waals surface area (Å²) in [4.78, 5) is 15.0. The van der Waals surface area contributed by atoms with Crippen molar-refractivity contribution in [3.8, 4) is 0 Å². The van der Waals surface area contributed by atoms with Crippen molar-refractivity contribution in [3.63, 3.8) is 0 Å². The van der Waals surface area contributed by atoms with E-state index >= 15 is 0 Å². The van der Waals surface area contributed by atoms with Crippen LogP contribution in [-0.2, 0) is 9.53 Å². The van der Waals surface area contributed by atoms with Crippen molar-refractivity contribution in [3.05, 3.63) is 42.4 Å². The molecular formula is C9H7NO2. The van der Waals surface area contributed by atoms with Gasteiger partial charge in [-0.2, -0.15) is 0 Å². The fourth-order valence-electron chi connectivity index (χ4n) is 1.14. The number of hydrogen-bond acceptors (Lipinski definition) is 3. The molecule has 12 heavy (non-hydrogen) atoms. The standard InChI is InChI=1S/C9H7NO2/c11-9-8(3-5-12-9)7-2-1-4-10-6-7/h1-6,8H. The average Bonchev–Trinajstić information content (AvgIpc) is 2.53. The maximum absolute atomic E-state index is 11.1. The van der Waals surface area contributed by atoms with Gasteiger partial charge in [0.25, 0.3) is 0 Å². The molecule has 2 heterocycles. The summed E-state index contributed by atoms with van der Waals surface area (Å²) in [5.41, 5.74) is 0.872. The first-order chi connectivity index (χ1) is 5.88. The zero-order valence-electron chi connectivity index (χ0n) is 6.31. The number of cyclic esters (lactones) is 1. The van der Waals surface area contributed by atoms with Gasteiger partial charge in [0.2, 0.25) is 0 Å². The van der Waals surface area contributed by atoms with Crippen LogP contribution in [0.5, 0.6) is 0 Å². The first-order valence-electron chi connectivity index (χ1n) is 3.65. The Kier molecular flexibility index (Phi) is 1.63. The Morgan fingerprint density at radius 2 is 2.42 bits per heavy atom.